The van der Waals surface area contributed by atoms with Crippen LogP contribution in [0.3, 0.4) is 0 Å². The predicted octanol–water partition coefficient (Wildman–Crippen LogP) is 2.61. The van der Waals surface area contributed by atoms with Gasteiger partial charge in [0.2, 0.25) is 0 Å². The first-order valence-corrected chi connectivity index (χ1v) is 7.95. The molecule has 1 saturated heterocycles. The molecular weight excluding hydrogens is 312 g/mol. The van der Waals surface area contributed by atoms with E-state index in [1.807, 2.05) is 0 Å². The minimum absolute atomic E-state index is 0.0138. The molecule has 1 N–H and O–H groups in total. The average molecular weight is 336 g/mol. The predicted molar refractivity (Wildman–Crippen MR) is 87.1 cm³/mol. The number of methoxy groups -OCH3 is 1. The van der Waals surface area contributed by atoms with Gasteiger partial charge < -0.3 is 19.3 Å². The van der Waals surface area contributed by atoms with Gasteiger partial charge in [0, 0.05) is 12.3 Å². The molecule has 2 rings (SSSR count). The lowest BCUT2D eigenvalue weighted by molar-refractivity contribution is -0.150. The monoisotopic (exact) mass is 336 g/mol. The quantitative estimate of drug-likeness (QED) is 0.771. The summed E-state index contributed by atoms with van der Waals surface area (Å²) in [6, 6.07) is 7.14. The van der Waals surface area contributed by atoms with Crippen LogP contribution in [0.1, 0.15) is 38.7 Å². The van der Waals surface area contributed by atoms with Crippen LogP contribution < -0.4 is 4.74 Å². The van der Waals surface area contributed by atoms with E-state index < -0.39 is 29.7 Å². The summed E-state index contributed by atoms with van der Waals surface area (Å²) >= 11 is 0. The first-order valence-electron chi connectivity index (χ1n) is 7.95. The molecule has 3 atom stereocenters. The molecule has 1 heterocycles. The minimum atomic E-state index is -1.16. The number of rotatable bonds is 7. The second kappa shape index (κ2) is 7.32. The molecule has 1 fully saturated rings. The van der Waals surface area contributed by atoms with Gasteiger partial charge in [-0.15, -0.1) is 0 Å². The van der Waals surface area contributed by atoms with Gasteiger partial charge in [-0.1, -0.05) is 25.1 Å². The van der Waals surface area contributed by atoms with Gasteiger partial charge in [0.25, 0.3) is 0 Å². The van der Waals surface area contributed by atoms with Crippen molar-refractivity contribution < 1.29 is 28.9 Å². The fourth-order valence-electron chi connectivity index (χ4n) is 3.07. The number of carboxylic acid groups (broad SMARTS) is 1. The smallest absolute Gasteiger partial charge is 0.314 e. The van der Waals surface area contributed by atoms with Gasteiger partial charge in [-0.05, 0) is 25.5 Å². The van der Waals surface area contributed by atoms with Gasteiger partial charge in [-0.2, -0.15) is 0 Å². The topological polar surface area (TPSA) is 82.1 Å². The number of carboxylic acids is 1. The fraction of sp³-hybridized carbons (Fsp3) is 0.556. The molecular formula is C18H24O6. The zero-order chi connectivity index (χ0) is 17.9. The van der Waals surface area contributed by atoms with E-state index in [1.165, 1.54) is 7.11 Å². The molecule has 24 heavy (non-hydrogen) atoms. The van der Waals surface area contributed by atoms with Gasteiger partial charge in [0.1, 0.15) is 17.5 Å². The molecule has 1 aliphatic heterocycles. The number of benzene rings is 1. The Hall–Kier alpha value is -1.92. The third-order valence-corrected chi connectivity index (χ3v) is 4.24. The second-order valence-electron chi connectivity index (χ2n) is 6.47. The highest BCUT2D eigenvalue weighted by atomic mass is 16.7. The zero-order valence-electron chi connectivity index (χ0n) is 14.4. The molecule has 0 aliphatic carbocycles. The average Bonchev–Trinajstić information content (AvgIpc) is 2.85. The lowest BCUT2D eigenvalue weighted by Crippen LogP contribution is -2.32. The minimum Gasteiger partial charge on any atom is -0.496 e. The van der Waals surface area contributed by atoms with E-state index >= 15 is 0 Å². The molecule has 0 amide bonds. The Morgan fingerprint density at radius 3 is 2.58 bits per heavy atom. The summed E-state index contributed by atoms with van der Waals surface area (Å²) in [5.41, 5.74) is 0.699. The summed E-state index contributed by atoms with van der Waals surface area (Å²) in [6.07, 6.45) is -0.404. The molecule has 1 aliphatic rings. The van der Waals surface area contributed by atoms with Crippen LogP contribution in [0, 0.1) is 5.92 Å². The first-order chi connectivity index (χ1) is 11.2. The van der Waals surface area contributed by atoms with Crippen molar-refractivity contribution in [3.05, 3.63) is 29.8 Å². The van der Waals surface area contributed by atoms with Crippen LogP contribution in [0.25, 0.3) is 0 Å². The molecule has 0 aromatic heterocycles. The van der Waals surface area contributed by atoms with Crippen LogP contribution in [-0.2, 0) is 19.1 Å². The molecule has 1 aromatic rings. The Balaban J connectivity index is 2.16. The molecule has 132 valence electrons. The summed E-state index contributed by atoms with van der Waals surface area (Å²) in [4.78, 5) is 24.3. The molecule has 3 unspecified atom stereocenters. The van der Waals surface area contributed by atoms with Crippen molar-refractivity contribution in [3.63, 3.8) is 0 Å². The summed E-state index contributed by atoms with van der Waals surface area (Å²) in [5.74, 6) is -3.35. The lowest BCUT2D eigenvalue weighted by atomic mass is 9.82. The Bertz CT molecular complexity index is 609. The van der Waals surface area contributed by atoms with Crippen molar-refractivity contribution in [2.75, 3.05) is 13.7 Å². The maximum Gasteiger partial charge on any atom is 0.314 e. The standard InChI is InChI=1S/C18H24O6/c1-11(13-7-5-6-8-15(13)22-4)16(17(20)21)14(19)9-12-10-23-18(2,3)24-12/h5-8,11-12,16H,9-10H2,1-4H3,(H,20,21). The Kier molecular flexibility index (Phi) is 5.62. The van der Waals surface area contributed by atoms with Crippen molar-refractivity contribution in [1.29, 1.82) is 0 Å². The number of carbonyl (C=O) groups is 2. The van der Waals surface area contributed by atoms with Crippen LogP contribution in [0.5, 0.6) is 5.75 Å². The van der Waals surface area contributed by atoms with E-state index in [0.29, 0.717) is 11.3 Å². The number of hydrogen-bond acceptors (Lipinski definition) is 5. The number of carbonyl (C=O) groups excluding carboxylic acids is 1. The third kappa shape index (κ3) is 4.13. The van der Waals surface area contributed by atoms with Crippen molar-refractivity contribution >= 4 is 11.8 Å². The molecule has 6 nitrogen and oxygen atoms in total. The van der Waals surface area contributed by atoms with Crippen molar-refractivity contribution in [1.82, 2.24) is 0 Å². The maximum atomic E-state index is 12.6. The number of ketones is 1. The van der Waals surface area contributed by atoms with E-state index in [1.54, 1.807) is 45.0 Å². The van der Waals surface area contributed by atoms with Gasteiger partial charge in [-0.3, -0.25) is 9.59 Å². The lowest BCUT2D eigenvalue weighted by Gasteiger charge is -2.23. The number of ether oxygens (including phenoxy) is 3. The maximum absolute atomic E-state index is 12.6. The zero-order valence-corrected chi connectivity index (χ0v) is 14.4. The highest BCUT2D eigenvalue weighted by Crippen LogP contribution is 2.34. The SMILES string of the molecule is COc1ccccc1C(C)C(C(=O)O)C(=O)CC1COC(C)(C)O1. The van der Waals surface area contributed by atoms with Crippen molar-refractivity contribution in [2.45, 2.75) is 45.0 Å². The van der Waals surface area contributed by atoms with Crippen molar-refractivity contribution in [3.8, 4) is 5.75 Å². The number of para-hydroxylation sites is 1. The summed E-state index contributed by atoms with van der Waals surface area (Å²) in [5, 5.41) is 9.58. The highest BCUT2D eigenvalue weighted by Gasteiger charge is 2.39. The van der Waals surface area contributed by atoms with Gasteiger partial charge in [0.05, 0.1) is 19.8 Å². The van der Waals surface area contributed by atoms with Gasteiger partial charge in [-0.25, -0.2) is 0 Å². The summed E-state index contributed by atoms with van der Waals surface area (Å²) in [7, 11) is 1.52. The number of aliphatic carboxylic acids is 1. The summed E-state index contributed by atoms with van der Waals surface area (Å²) < 4.78 is 16.3. The largest absolute Gasteiger partial charge is 0.496 e. The Morgan fingerprint density at radius 1 is 1.38 bits per heavy atom. The number of hydrogen-bond donors (Lipinski definition) is 1. The first kappa shape index (κ1) is 18.4. The van der Waals surface area contributed by atoms with Crippen LogP contribution in [0.2, 0.25) is 0 Å². The van der Waals surface area contributed by atoms with E-state index in [9.17, 15) is 14.7 Å². The van der Waals surface area contributed by atoms with E-state index in [0.717, 1.165) is 0 Å². The second-order valence-corrected chi connectivity index (χ2v) is 6.47. The van der Waals surface area contributed by atoms with Crippen LogP contribution in [0.4, 0.5) is 0 Å². The van der Waals surface area contributed by atoms with E-state index in [2.05, 4.69) is 0 Å². The molecule has 6 heteroatoms. The molecule has 0 radical (unpaired) electrons. The highest BCUT2D eigenvalue weighted by molar-refractivity contribution is 5.99. The van der Waals surface area contributed by atoms with Gasteiger partial charge >= 0.3 is 5.97 Å². The number of Topliss-reactive ketones (excluding diaryl/α,β-unsaturated/α-hetero) is 1. The van der Waals surface area contributed by atoms with E-state index in [4.69, 9.17) is 14.2 Å². The molecule has 0 spiro atoms. The third-order valence-electron chi connectivity index (χ3n) is 4.24. The van der Waals surface area contributed by atoms with Crippen molar-refractivity contribution in [2.24, 2.45) is 5.92 Å². The Morgan fingerprint density at radius 2 is 2.04 bits per heavy atom. The van der Waals surface area contributed by atoms with Gasteiger partial charge in [0.15, 0.2) is 5.79 Å². The molecule has 1 aromatic carbocycles. The van der Waals surface area contributed by atoms with Crippen LogP contribution in [-0.4, -0.2) is 42.5 Å². The molecule has 0 saturated carbocycles. The van der Waals surface area contributed by atoms with Crippen LogP contribution in [0.15, 0.2) is 24.3 Å². The normalized spacial score (nSPS) is 21.9. The van der Waals surface area contributed by atoms with Crippen LogP contribution >= 0.6 is 0 Å². The van der Waals surface area contributed by atoms with E-state index in [-0.39, 0.29) is 18.8 Å². The Labute approximate surface area is 141 Å². The molecule has 0 bridgehead atoms. The summed E-state index contributed by atoms with van der Waals surface area (Å²) in [6.45, 7) is 5.55. The fourth-order valence-corrected chi connectivity index (χ4v) is 3.07.